The molecule has 0 aliphatic carbocycles. The molecule has 0 saturated heterocycles. The lowest BCUT2D eigenvalue weighted by Gasteiger charge is -2.34. The second-order valence-corrected chi connectivity index (χ2v) is 9.18. The second-order valence-electron chi connectivity index (χ2n) is 6.07. The van der Waals surface area contributed by atoms with Gasteiger partial charge in [0.15, 0.2) is 4.75 Å². The molecule has 3 rings (SSSR count). The Morgan fingerprint density at radius 3 is 1.93 bits per heavy atom. The maximum Gasteiger partial charge on any atom is 0.283 e. The van der Waals surface area contributed by atoms with E-state index in [0.29, 0.717) is 0 Å². The van der Waals surface area contributed by atoms with Gasteiger partial charge in [-0.05, 0) is 23.8 Å². The van der Waals surface area contributed by atoms with Crippen molar-refractivity contribution in [2.24, 2.45) is 0 Å². The van der Waals surface area contributed by atoms with Crippen LogP contribution in [-0.2, 0) is 14.9 Å². The number of aromatic hydroxyl groups is 2. The van der Waals surface area contributed by atoms with Gasteiger partial charge in [0.05, 0.1) is 10.0 Å². The van der Waals surface area contributed by atoms with Crippen LogP contribution in [-0.4, -0.2) is 23.2 Å². The Hall–Kier alpha value is -1.67. The highest BCUT2D eigenvalue weighted by molar-refractivity contribution is 7.87. The van der Waals surface area contributed by atoms with E-state index in [2.05, 4.69) is 0 Å². The number of phenolic OH excluding ortho intramolecular Hbond substituents is 2. The Morgan fingerprint density at radius 1 is 0.759 bits per heavy atom. The molecule has 1 atom stereocenters. The summed E-state index contributed by atoms with van der Waals surface area (Å²) in [6.07, 6.45) is 0. The van der Waals surface area contributed by atoms with Crippen LogP contribution in [0.2, 0.25) is 20.1 Å². The van der Waals surface area contributed by atoms with Gasteiger partial charge in [-0.1, -0.05) is 82.8 Å². The minimum atomic E-state index is -5.05. The van der Waals surface area contributed by atoms with Gasteiger partial charge in [0.25, 0.3) is 10.1 Å². The van der Waals surface area contributed by atoms with E-state index in [1.165, 1.54) is 24.3 Å². The van der Waals surface area contributed by atoms with Crippen LogP contribution in [0, 0.1) is 0 Å². The summed E-state index contributed by atoms with van der Waals surface area (Å²) in [5.74, 6) is -0.769. The van der Waals surface area contributed by atoms with Gasteiger partial charge in [-0.2, -0.15) is 8.42 Å². The van der Waals surface area contributed by atoms with E-state index < -0.39 is 20.6 Å². The smallest absolute Gasteiger partial charge is 0.283 e. The third-order valence-corrected chi connectivity index (χ3v) is 7.52. The lowest BCUT2D eigenvalue weighted by Crippen LogP contribution is -2.39. The van der Waals surface area contributed by atoms with Gasteiger partial charge in [0.2, 0.25) is 0 Å². The molecule has 3 N–H and O–H groups in total. The molecule has 3 aromatic carbocycles. The van der Waals surface area contributed by atoms with Gasteiger partial charge >= 0.3 is 0 Å². The summed E-state index contributed by atoms with van der Waals surface area (Å²) in [6.45, 7) is 0. The normalized spacial score (nSPS) is 13.8. The summed E-state index contributed by atoms with van der Waals surface area (Å²) in [6, 6.07) is 12.2. The largest absolute Gasteiger partial charge is 0.508 e. The van der Waals surface area contributed by atoms with Crippen LogP contribution in [0.4, 0.5) is 0 Å². The summed E-state index contributed by atoms with van der Waals surface area (Å²) in [4.78, 5) is 0. The van der Waals surface area contributed by atoms with Crippen LogP contribution in [0.15, 0.2) is 54.6 Å². The molecule has 29 heavy (non-hydrogen) atoms. The van der Waals surface area contributed by atoms with Gasteiger partial charge in [-0.3, -0.25) is 4.55 Å². The van der Waals surface area contributed by atoms with Crippen LogP contribution in [0.25, 0.3) is 0 Å². The first-order valence-electron chi connectivity index (χ1n) is 7.90. The number of rotatable bonds is 4. The molecule has 1 unspecified atom stereocenters. The van der Waals surface area contributed by atoms with E-state index in [4.69, 9.17) is 46.4 Å². The van der Waals surface area contributed by atoms with Crippen molar-refractivity contribution < 1.29 is 23.2 Å². The van der Waals surface area contributed by atoms with Crippen molar-refractivity contribution in [2.45, 2.75) is 4.75 Å². The summed E-state index contributed by atoms with van der Waals surface area (Å²) in [5.41, 5.74) is -0.326. The lowest BCUT2D eigenvalue weighted by molar-refractivity contribution is 0.455. The molecule has 10 heteroatoms. The highest BCUT2D eigenvalue weighted by atomic mass is 35.5. The molecular weight excluding hydrogens is 482 g/mol. The predicted molar refractivity (Wildman–Crippen MR) is 114 cm³/mol. The van der Waals surface area contributed by atoms with Crippen molar-refractivity contribution in [1.29, 1.82) is 0 Å². The monoisotopic (exact) mass is 492 g/mol. The highest BCUT2D eigenvalue weighted by Crippen LogP contribution is 2.52. The van der Waals surface area contributed by atoms with Crippen LogP contribution in [0.3, 0.4) is 0 Å². The van der Waals surface area contributed by atoms with E-state index in [1.807, 2.05) is 0 Å². The van der Waals surface area contributed by atoms with Crippen molar-refractivity contribution in [3.05, 3.63) is 91.4 Å². The molecule has 5 nitrogen and oxygen atoms in total. The molecule has 0 aromatic heterocycles. The number of benzene rings is 3. The van der Waals surface area contributed by atoms with E-state index in [0.717, 1.165) is 12.1 Å². The van der Waals surface area contributed by atoms with Crippen molar-refractivity contribution in [1.82, 2.24) is 0 Å². The third kappa shape index (κ3) is 3.54. The molecule has 0 saturated carbocycles. The van der Waals surface area contributed by atoms with Gasteiger partial charge in [0.1, 0.15) is 16.5 Å². The van der Waals surface area contributed by atoms with E-state index in [1.54, 1.807) is 18.2 Å². The Balaban J connectivity index is 2.62. The summed E-state index contributed by atoms with van der Waals surface area (Å²) < 4.78 is 34.0. The van der Waals surface area contributed by atoms with Crippen molar-refractivity contribution >= 4 is 56.5 Å². The zero-order valence-electron chi connectivity index (χ0n) is 14.3. The first-order valence-corrected chi connectivity index (χ1v) is 10.9. The molecule has 0 fully saturated rings. The molecule has 0 aliphatic heterocycles. The minimum absolute atomic E-state index is 0.0646. The summed E-state index contributed by atoms with van der Waals surface area (Å²) in [5, 5.41) is 18.9. The van der Waals surface area contributed by atoms with Crippen LogP contribution in [0.5, 0.6) is 11.5 Å². The number of hydrogen-bond acceptors (Lipinski definition) is 4. The second kappa shape index (κ2) is 7.87. The number of halogens is 4. The molecule has 0 spiro atoms. The van der Waals surface area contributed by atoms with Crippen LogP contribution in [0.1, 0.15) is 16.7 Å². The Kier molecular flexibility index (Phi) is 5.98. The fraction of sp³-hybridized carbons (Fsp3) is 0.0526. The Labute approximate surface area is 186 Å². The first kappa shape index (κ1) is 22.0. The van der Waals surface area contributed by atoms with Gasteiger partial charge in [0, 0.05) is 16.1 Å². The van der Waals surface area contributed by atoms with E-state index in [9.17, 15) is 23.2 Å². The average molecular weight is 494 g/mol. The van der Waals surface area contributed by atoms with E-state index in [-0.39, 0.29) is 42.5 Å². The standard InChI is InChI=1S/C19H12Cl4O5S/c20-14-8-11(24)6-7-12(14)19(29(26,27)28,10-4-2-1-3-5-10)13-9-15(25)17(22)18(23)16(13)21/h1-9,24-25H,(H,26,27,28). The minimum Gasteiger partial charge on any atom is -0.508 e. The van der Waals surface area contributed by atoms with Gasteiger partial charge in [-0.15, -0.1) is 0 Å². The zero-order chi connectivity index (χ0) is 21.6. The fourth-order valence-corrected chi connectivity index (χ4v) is 5.64. The molecule has 0 bridgehead atoms. The fourth-order valence-electron chi connectivity index (χ4n) is 3.19. The van der Waals surface area contributed by atoms with Crippen molar-refractivity contribution in [3.63, 3.8) is 0 Å². The van der Waals surface area contributed by atoms with Crippen LogP contribution >= 0.6 is 46.4 Å². The maximum atomic E-state index is 13.0. The van der Waals surface area contributed by atoms with Crippen LogP contribution < -0.4 is 0 Å². The molecule has 0 amide bonds. The predicted octanol–water partition coefficient (Wildman–Crippen LogP) is 5.89. The quantitative estimate of drug-likeness (QED) is 0.239. The molecule has 0 heterocycles. The van der Waals surface area contributed by atoms with Crippen molar-refractivity contribution in [3.8, 4) is 11.5 Å². The number of hydrogen-bond donors (Lipinski definition) is 3. The molecular formula is C19H12Cl4O5S. The van der Waals surface area contributed by atoms with Gasteiger partial charge in [-0.25, -0.2) is 0 Å². The van der Waals surface area contributed by atoms with Gasteiger partial charge < -0.3 is 10.2 Å². The molecule has 0 radical (unpaired) electrons. The first-order chi connectivity index (χ1) is 13.5. The molecule has 152 valence electrons. The SMILES string of the molecule is O=S(=O)(O)C(c1ccccc1)(c1ccc(O)cc1Cl)c1cc(O)c(Cl)c(Cl)c1Cl. The maximum absolute atomic E-state index is 13.0. The lowest BCUT2D eigenvalue weighted by atomic mass is 9.83. The van der Waals surface area contributed by atoms with Crippen molar-refractivity contribution in [2.75, 3.05) is 0 Å². The van der Waals surface area contributed by atoms with E-state index >= 15 is 0 Å². The summed E-state index contributed by atoms with van der Waals surface area (Å²) >= 11 is 24.7. The number of phenols is 2. The summed E-state index contributed by atoms with van der Waals surface area (Å²) in [7, 11) is -5.05. The Bertz CT molecular complexity index is 1200. The average Bonchev–Trinajstić information content (AvgIpc) is 2.65. The Morgan fingerprint density at radius 2 is 1.38 bits per heavy atom. The molecule has 0 aliphatic rings. The highest BCUT2D eigenvalue weighted by Gasteiger charge is 2.51. The third-order valence-electron chi connectivity index (χ3n) is 4.41. The zero-order valence-corrected chi connectivity index (χ0v) is 18.1. The molecule has 3 aromatic rings. The topological polar surface area (TPSA) is 94.8 Å².